The summed E-state index contributed by atoms with van der Waals surface area (Å²) in [5, 5.41) is 0. The molecule has 0 bridgehead atoms. The highest BCUT2D eigenvalue weighted by atomic mass is 16.5. The van der Waals surface area contributed by atoms with Gasteiger partial charge in [0.1, 0.15) is 5.75 Å². The lowest BCUT2D eigenvalue weighted by Gasteiger charge is -2.06. The molecule has 0 aliphatic heterocycles. The maximum absolute atomic E-state index is 5.45. The molecule has 0 N–H and O–H groups in total. The molecular weight excluding hydrogens is 320 g/mol. The molecule has 0 aliphatic rings. The van der Waals surface area contributed by atoms with Crippen LogP contribution in [0.3, 0.4) is 0 Å². The van der Waals surface area contributed by atoms with Crippen molar-refractivity contribution in [3.8, 4) is 17.6 Å². The lowest BCUT2D eigenvalue weighted by molar-refractivity contribution is 0.152. The molecule has 0 saturated carbocycles. The van der Waals surface area contributed by atoms with Gasteiger partial charge < -0.3 is 9.47 Å². The molecule has 2 nitrogen and oxygen atoms in total. The lowest BCUT2D eigenvalue weighted by Crippen LogP contribution is -1.92. The van der Waals surface area contributed by atoms with E-state index in [1.165, 1.54) is 16.7 Å². The summed E-state index contributed by atoms with van der Waals surface area (Å²) < 4.78 is 10.7. The van der Waals surface area contributed by atoms with E-state index < -0.39 is 0 Å². The summed E-state index contributed by atoms with van der Waals surface area (Å²) in [7, 11) is 1.68. The number of ether oxygens (including phenoxy) is 2. The first kappa shape index (κ1) is 19.8. The maximum atomic E-state index is 5.45. The first-order valence-electron chi connectivity index (χ1n) is 9.07. The van der Waals surface area contributed by atoms with Crippen molar-refractivity contribution in [1.29, 1.82) is 0 Å². The molecule has 0 saturated heterocycles. The number of hydrogen-bond donors (Lipinski definition) is 0. The van der Waals surface area contributed by atoms with Gasteiger partial charge in [-0.05, 0) is 74.6 Å². The molecule has 2 aromatic carbocycles. The Morgan fingerprint density at radius 3 is 2.35 bits per heavy atom. The van der Waals surface area contributed by atoms with Gasteiger partial charge in [0.25, 0.3) is 0 Å². The maximum Gasteiger partial charge on any atom is 0.118 e. The molecule has 2 rings (SSSR count). The van der Waals surface area contributed by atoms with Crippen LogP contribution in [0.2, 0.25) is 0 Å². The standard InChI is InChI=1S/C24H28O2/c1-6-26-15-7-8-21(22-11-13-24(25-5)14-12-22)9-10-23-17-19(3)18(2)16-20(23)4/h8,11-14,16-17H,6-7,15H2,1-5H3/b21-8+. The van der Waals surface area contributed by atoms with Crippen molar-refractivity contribution in [3.05, 3.63) is 70.3 Å². The fourth-order valence-corrected chi connectivity index (χ4v) is 2.67. The van der Waals surface area contributed by atoms with Crippen LogP contribution in [0, 0.1) is 32.6 Å². The summed E-state index contributed by atoms with van der Waals surface area (Å²) in [5.41, 5.74) is 6.98. The number of aryl methyl sites for hydroxylation is 3. The third kappa shape index (κ3) is 5.51. The Morgan fingerprint density at radius 1 is 1.00 bits per heavy atom. The third-order valence-corrected chi connectivity index (χ3v) is 4.39. The highest BCUT2D eigenvalue weighted by molar-refractivity contribution is 5.80. The molecule has 26 heavy (non-hydrogen) atoms. The first-order valence-corrected chi connectivity index (χ1v) is 9.07. The van der Waals surface area contributed by atoms with E-state index >= 15 is 0 Å². The van der Waals surface area contributed by atoms with Gasteiger partial charge >= 0.3 is 0 Å². The number of hydrogen-bond acceptors (Lipinski definition) is 2. The van der Waals surface area contributed by atoms with Crippen molar-refractivity contribution >= 4 is 5.57 Å². The zero-order valence-corrected chi connectivity index (χ0v) is 16.5. The van der Waals surface area contributed by atoms with Gasteiger partial charge in [-0.15, -0.1) is 0 Å². The quantitative estimate of drug-likeness (QED) is 0.508. The summed E-state index contributed by atoms with van der Waals surface area (Å²) in [6.07, 6.45) is 3.00. The molecule has 0 spiro atoms. The fraction of sp³-hybridized carbons (Fsp3) is 0.333. The Kier molecular flexibility index (Phi) is 7.51. The van der Waals surface area contributed by atoms with E-state index in [0.717, 1.165) is 35.5 Å². The van der Waals surface area contributed by atoms with E-state index in [4.69, 9.17) is 9.47 Å². The van der Waals surface area contributed by atoms with E-state index in [1.54, 1.807) is 7.11 Å². The number of allylic oxidation sites excluding steroid dienone is 1. The van der Waals surface area contributed by atoms with Crippen LogP contribution >= 0.6 is 0 Å². The highest BCUT2D eigenvalue weighted by Crippen LogP contribution is 2.20. The van der Waals surface area contributed by atoms with Crippen LogP contribution in [0.1, 0.15) is 41.2 Å². The lowest BCUT2D eigenvalue weighted by atomic mass is 10.00. The Morgan fingerprint density at radius 2 is 1.69 bits per heavy atom. The number of rotatable bonds is 6. The largest absolute Gasteiger partial charge is 0.497 e. The minimum Gasteiger partial charge on any atom is -0.497 e. The van der Waals surface area contributed by atoms with Crippen molar-refractivity contribution in [3.63, 3.8) is 0 Å². The summed E-state index contributed by atoms with van der Waals surface area (Å²) in [4.78, 5) is 0. The van der Waals surface area contributed by atoms with E-state index in [-0.39, 0.29) is 0 Å². The predicted molar refractivity (Wildman–Crippen MR) is 110 cm³/mol. The van der Waals surface area contributed by atoms with Gasteiger partial charge in [-0.2, -0.15) is 0 Å². The molecule has 0 heterocycles. The molecule has 0 aromatic heterocycles. The monoisotopic (exact) mass is 348 g/mol. The van der Waals surface area contributed by atoms with Crippen molar-refractivity contribution in [2.75, 3.05) is 20.3 Å². The minimum atomic E-state index is 0.709. The third-order valence-electron chi connectivity index (χ3n) is 4.39. The SMILES string of the molecule is CCOCC/C=C(\C#Cc1cc(C)c(C)cc1C)c1ccc(OC)cc1. The van der Waals surface area contributed by atoms with E-state index in [1.807, 2.05) is 31.2 Å². The molecule has 0 fully saturated rings. The average Bonchev–Trinajstić information content (AvgIpc) is 2.65. The molecule has 0 atom stereocenters. The summed E-state index contributed by atoms with van der Waals surface area (Å²) in [5.74, 6) is 7.58. The topological polar surface area (TPSA) is 18.5 Å². The second kappa shape index (κ2) is 9.85. The average molecular weight is 348 g/mol. The molecule has 136 valence electrons. The van der Waals surface area contributed by atoms with E-state index in [2.05, 4.69) is 50.8 Å². The van der Waals surface area contributed by atoms with Gasteiger partial charge in [0.05, 0.1) is 13.7 Å². The van der Waals surface area contributed by atoms with Crippen LogP contribution in [0.4, 0.5) is 0 Å². The van der Waals surface area contributed by atoms with Crippen molar-refractivity contribution in [2.45, 2.75) is 34.1 Å². The zero-order valence-electron chi connectivity index (χ0n) is 16.5. The second-order valence-corrected chi connectivity index (χ2v) is 6.33. The Bertz CT molecular complexity index is 818. The molecule has 0 aliphatic carbocycles. The molecular formula is C24H28O2. The number of methoxy groups -OCH3 is 1. The Hall–Kier alpha value is -2.50. The molecule has 2 heteroatoms. The van der Waals surface area contributed by atoms with Crippen molar-refractivity contribution in [1.82, 2.24) is 0 Å². The van der Waals surface area contributed by atoms with Gasteiger partial charge in [0.15, 0.2) is 0 Å². The van der Waals surface area contributed by atoms with Crippen molar-refractivity contribution < 1.29 is 9.47 Å². The predicted octanol–water partition coefficient (Wildman–Crippen LogP) is 5.48. The molecule has 0 radical (unpaired) electrons. The van der Waals surface area contributed by atoms with Crippen molar-refractivity contribution in [2.24, 2.45) is 0 Å². The first-order chi connectivity index (χ1) is 12.5. The van der Waals surface area contributed by atoms with Gasteiger partial charge in [0, 0.05) is 17.7 Å². The Balaban J connectivity index is 2.34. The minimum absolute atomic E-state index is 0.709. The summed E-state index contributed by atoms with van der Waals surface area (Å²) in [6.45, 7) is 9.83. The van der Waals surface area contributed by atoms with Crippen LogP contribution < -0.4 is 4.74 Å². The van der Waals surface area contributed by atoms with Gasteiger partial charge in [-0.1, -0.05) is 36.1 Å². The fourth-order valence-electron chi connectivity index (χ4n) is 2.67. The zero-order chi connectivity index (χ0) is 18.9. The molecule has 0 unspecified atom stereocenters. The smallest absolute Gasteiger partial charge is 0.118 e. The summed E-state index contributed by atoms with van der Waals surface area (Å²) >= 11 is 0. The van der Waals surface area contributed by atoms with Crippen LogP contribution in [0.15, 0.2) is 42.5 Å². The molecule has 2 aromatic rings. The van der Waals surface area contributed by atoms with E-state index in [9.17, 15) is 0 Å². The van der Waals surface area contributed by atoms with Crippen LogP contribution in [-0.2, 0) is 4.74 Å². The van der Waals surface area contributed by atoms with Crippen LogP contribution in [-0.4, -0.2) is 20.3 Å². The van der Waals surface area contributed by atoms with Gasteiger partial charge in [-0.3, -0.25) is 0 Å². The summed E-state index contributed by atoms with van der Waals surface area (Å²) in [6, 6.07) is 12.4. The highest BCUT2D eigenvalue weighted by Gasteiger charge is 2.02. The second-order valence-electron chi connectivity index (χ2n) is 6.33. The Labute approximate surface area is 157 Å². The van der Waals surface area contributed by atoms with Gasteiger partial charge in [-0.25, -0.2) is 0 Å². The number of benzene rings is 2. The normalized spacial score (nSPS) is 11.0. The van der Waals surface area contributed by atoms with Crippen LogP contribution in [0.25, 0.3) is 5.57 Å². The molecule has 0 amide bonds. The van der Waals surface area contributed by atoms with E-state index in [0.29, 0.717) is 6.61 Å². The van der Waals surface area contributed by atoms with Gasteiger partial charge in [0.2, 0.25) is 0 Å². The van der Waals surface area contributed by atoms with Crippen LogP contribution in [0.5, 0.6) is 5.75 Å².